The Hall–Kier alpha value is -10.8. The standard InChI is InChI=1S/C72H46B2N6O2/c1-5-22-47(23-6-1)77-61-34-21-35-62-69(61)70-71-55(53-42-40-51(44-63(53)79(73(71)77)49-26-9-3-10-27-49)75-57-30-13-17-36-65(57)81-66-37-18-14-31-58(66)75)46-56-54-43-41-52(76-59-32-15-19-38-67(59)82-68-39-20-16-33-60(68)76)45-64(54)80(50-28-11-4-12-29-50)74(72(56)70)78(62)48-24-7-2-8-25-48/h1-46H. The molecule has 6 heterocycles. The molecular weight excluding hydrogens is 1000 g/mol. The van der Waals surface area contributed by atoms with Gasteiger partial charge in [0, 0.05) is 73.6 Å². The maximum absolute atomic E-state index is 6.60. The minimum absolute atomic E-state index is 0.325. The van der Waals surface area contributed by atoms with Crippen LogP contribution >= 0.6 is 0 Å². The second-order valence-corrected chi connectivity index (χ2v) is 21.6. The largest absolute Gasteiger partial charge is 0.453 e. The Morgan fingerprint density at radius 2 is 0.524 bits per heavy atom. The van der Waals surface area contributed by atoms with Gasteiger partial charge in [0.15, 0.2) is 23.0 Å². The maximum Gasteiger partial charge on any atom is 0.421 e. The van der Waals surface area contributed by atoms with Crippen LogP contribution in [0.3, 0.4) is 0 Å². The monoisotopic (exact) mass is 1050 g/mol. The molecule has 0 saturated carbocycles. The maximum atomic E-state index is 6.60. The van der Waals surface area contributed by atoms with Crippen LogP contribution < -0.4 is 49.4 Å². The Balaban J connectivity index is 0.968. The quantitative estimate of drug-likeness (QED) is 0.153. The van der Waals surface area contributed by atoms with Crippen LogP contribution in [0.2, 0.25) is 0 Å². The molecule has 0 bridgehead atoms. The third-order valence-corrected chi connectivity index (χ3v) is 17.3. The molecule has 18 rings (SSSR count). The van der Waals surface area contributed by atoms with E-state index in [1.54, 1.807) is 0 Å². The minimum Gasteiger partial charge on any atom is -0.453 e. The van der Waals surface area contributed by atoms with E-state index in [1.807, 2.05) is 24.3 Å². The van der Waals surface area contributed by atoms with Crippen LogP contribution in [0.5, 0.6) is 23.0 Å². The molecule has 0 N–H and O–H groups in total. The second kappa shape index (κ2) is 17.3. The average molecular weight is 1050 g/mol. The first kappa shape index (κ1) is 45.1. The molecule has 0 aromatic heterocycles. The summed E-state index contributed by atoms with van der Waals surface area (Å²) in [5.74, 6) is 3.27. The van der Waals surface area contributed by atoms with Crippen molar-refractivity contribution in [3.63, 3.8) is 0 Å². The van der Waals surface area contributed by atoms with E-state index in [9.17, 15) is 0 Å². The fourth-order valence-electron chi connectivity index (χ4n) is 14.0. The van der Waals surface area contributed by atoms with Crippen molar-refractivity contribution in [1.29, 1.82) is 0 Å². The van der Waals surface area contributed by atoms with Crippen molar-refractivity contribution in [2.75, 3.05) is 29.0 Å². The molecule has 10 heteroatoms. The number of benzene rings is 12. The van der Waals surface area contributed by atoms with E-state index in [-0.39, 0.29) is 14.0 Å². The Bertz CT molecular complexity index is 4230. The predicted octanol–water partition coefficient (Wildman–Crippen LogP) is 17.8. The van der Waals surface area contributed by atoms with E-state index < -0.39 is 0 Å². The highest BCUT2D eigenvalue weighted by molar-refractivity contribution is 6.92. The van der Waals surface area contributed by atoms with E-state index in [0.717, 1.165) is 114 Å². The number of fused-ring (bicyclic) bond motifs is 8. The smallest absolute Gasteiger partial charge is 0.421 e. The van der Waals surface area contributed by atoms with Gasteiger partial charge in [-0.1, -0.05) is 140 Å². The van der Waals surface area contributed by atoms with Crippen molar-refractivity contribution in [3.8, 4) is 56.4 Å². The molecule has 8 nitrogen and oxygen atoms in total. The van der Waals surface area contributed by atoms with E-state index in [1.165, 1.54) is 33.2 Å². The first-order valence-electron chi connectivity index (χ1n) is 28.1. The zero-order valence-electron chi connectivity index (χ0n) is 44.2. The molecule has 12 aromatic rings. The van der Waals surface area contributed by atoms with E-state index >= 15 is 0 Å². The Kier molecular flexibility index (Phi) is 9.53. The first-order valence-corrected chi connectivity index (χ1v) is 28.1. The lowest BCUT2D eigenvalue weighted by molar-refractivity contribution is 0.477. The minimum atomic E-state index is -0.325. The highest BCUT2D eigenvalue weighted by Crippen LogP contribution is 2.60. The first-order chi connectivity index (χ1) is 40.7. The highest BCUT2D eigenvalue weighted by atomic mass is 16.5. The lowest BCUT2D eigenvalue weighted by Gasteiger charge is -2.54. The number of rotatable bonds is 6. The van der Waals surface area contributed by atoms with Gasteiger partial charge in [0.25, 0.3) is 0 Å². The Morgan fingerprint density at radius 1 is 0.220 bits per heavy atom. The van der Waals surface area contributed by atoms with Crippen molar-refractivity contribution in [2.45, 2.75) is 0 Å². The van der Waals surface area contributed by atoms with Gasteiger partial charge < -0.3 is 38.5 Å². The Morgan fingerprint density at radius 3 is 0.878 bits per heavy atom. The van der Waals surface area contributed by atoms with Crippen LogP contribution in [0.1, 0.15) is 0 Å². The van der Waals surface area contributed by atoms with Crippen LogP contribution in [-0.4, -0.2) is 14.0 Å². The van der Waals surface area contributed by atoms with Crippen LogP contribution in [0.4, 0.5) is 79.6 Å². The molecule has 0 amide bonds. The van der Waals surface area contributed by atoms with Gasteiger partial charge in [-0.15, -0.1) is 0 Å². The molecule has 0 atom stereocenters. The highest BCUT2D eigenvalue weighted by Gasteiger charge is 2.55. The molecule has 0 aliphatic carbocycles. The summed E-state index contributed by atoms with van der Waals surface area (Å²) in [6.45, 7) is -0.650. The fraction of sp³-hybridized carbons (Fsp3) is 0. The van der Waals surface area contributed by atoms with Crippen molar-refractivity contribution >= 4 is 105 Å². The molecular formula is C72H46B2N6O2. The summed E-state index contributed by atoms with van der Waals surface area (Å²) >= 11 is 0. The van der Waals surface area contributed by atoms with Crippen LogP contribution in [-0.2, 0) is 0 Å². The number of hydrogen-bond donors (Lipinski definition) is 0. The summed E-state index contributed by atoms with van der Waals surface area (Å²) in [7, 11) is 0. The zero-order chi connectivity index (χ0) is 53.6. The van der Waals surface area contributed by atoms with E-state index in [4.69, 9.17) is 9.47 Å². The van der Waals surface area contributed by atoms with Crippen LogP contribution in [0, 0.1) is 0 Å². The van der Waals surface area contributed by atoms with Gasteiger partial charge in [0.1, 0.15) is 0 Å². The molecule has 0 saturated heterocycles. The molecule has 0 fully saturated rings. The number of nitrogens with zero attached hydrogens (tertiary/aromatic N) is 6. The van der Waals surface area contributed by atoms with Gasteiger partial charge in [-0.25, -0.2) is 0 Å². The molecule has 6 aliphatic heterocycles. The van der Waals surface area contributed by atoms with Gasteiger partial charge >= 0.3 is 14.0 Å². The topological polar surface area (TPSA) is 37.9 Å². The third kappa shape index (κ3) is 6.34. The number of anilines is 14. The van der Waals surface area contributed by atoms with Gasteiger partial charge in [0.05, 0.1) is 22.7 Å². The SMILES string of the molecule is c1ccc(N2B3c4c(cc5c6c4-c4c(cccc4N(c4ccccc4)B6N(c4ccccc4)c4cc(N6c7ccccc7Oc7ccccc76)ccc4-5)N3c3ccccc3)-c3ccc(N4c5ccccc5Oc5ccccc54)cc32)cc1. The molecule has 12 aromatic carbocycles. The number of hydrogen-bond acceptors (Lipinski definition) is 8. The molecule has 0 unspecified atom stereocenters. The Labute approximate surface area is 476 Å². The van der Waals surface area contributed by atoms with Gasteiger partial charge in [-0.2, -0.15) is 0 Å². The van der Waals surface area contributed by atoms with E-state index in [0.29, 0.717) is 0 Å². The lowest BCUT2D eigenvalue weighted by Crippen LogP contribution is -2.68. The van der Waals surface area contributed by atoms with Crippen molar-refractivity contribution < 1.29 is 9.47 Å². The van der Waals surface area contributed by atoms with Crippen molar-refractivity contribution in [1.82, 2.24) is 0 Å². The normalized spacial score (nSPS) is 14.1. The molecule has 82 heavy (non-hydrogen) atoms. The number of para-hydroxylation sites is 12. The summed E-state index contributed by atoms with van der Waals surface area (Å²) in [4.78, 5) is 15.2. The summed E-state index contributed by atoms with van der Waals surface area (Å²) < 4.78 is 13.2. The summed E-state index contributed by atoms with van der Waals surface area (Å²) in [5, 5.41) is 0. The van der Waals surface area contributed by atoms with Crippen molar-refractivity contribution in [3.05, 3.63) is 279 Å². The summed E-state index contributed by atoms with van der Waals surface area (Å²) in [6.07, 6.45) is 0. The molecule has 0 spiro atoms. The van der Waals surface area contributed by atoms with Crippen molar-refractivity contribution in [2.24, 2.45) is 0 Å². The second-order valence-electron chi connectivity index (χ2n) is 21.6. The molecule has 0 radical (unpaired) electrons. The third-order valence-electron chi connectivity index (χ3n) is 17.3. The predicted molar refractivity (Wildman–Crippen MR) is 337 cm³/mol. The van der Waals surface area contributed by atoms with Gasteiger partial charge in [-0.05, 0) is 167 Å². The molecule has 6 aliphatic rings. The number of ether oxygens (including phenoxy) is 2. The average Bonchev–Trinajstić information content (AvgIpc) is 1.09. The fourth-order valence-corrected chi connectivity index (χ4v) is 14.0. The lowest BCUT2D eigenvalue weighted by atomic mass is 9.45. The summed E-state index contributed by atoms with van der Waals surface area (Å²) in [5.41, 5.74) is 24.8. The zero-order valence-corrected chi connectivity index (χ0v) is 44.2. The van der Waals surface area contributed by atoms with E-state index in [2.05, 4.69) is 284 Å². The van der Waals surface area contributed by atoms with Gasteiger partial charge in [-0.3, -0.25) is 0 Å². The van der Waals surface area contributed by atoms with Crippen LogP contribution in [0.15, 0.2) is 279 Å². The van der Waals surface area contributed by atoms with Crippen LogP contribution in [0.25, 0.3) is 33.4 Å². The molecule has 382 valence electrons. The van der Waals surface area contributed by atoms with Gasteiger partial charge in [0.2, 0.25) is 0 Å². The summed E-state index contributed by atoms with van der Waals surface area (Å²) in [6, 6.07) is 101.